The summed E-state index contributed by atoms with van der Waals surface area (Å²) < 4.78 is 15.5. The zero-order valence-electron chi connectivity index (χ0n) is 18.2. The van der Waals surface area contributed by atoms with Crippen LogP contribution in [0.5, 0.6) is 0 Å². The van der Waals surface area contributed by atoms with Gasteiger partial charge in [0.15, 0.2) is 0 Å². The minimum atomic E-state index is -0.353. The highest BCUT2D eigenvalue weighted by Gasteiger charge is 2.34. The zero-order valence-corrected chi connectivity index (χ0v) is 18.2. The van der Waals surface area contributed by atoms with E-state index in [1.54, 1.807) is 48.8 Å². The second-order valence-corrected chi connectivity index (χ2v) is 7.94. The second kappa shape index (κ2) is 8.99. The first-order valence-corrected chi connectivity index (χ1v) is 10.9. The number of pyridine rings is 1. The molecule has 1 aliphatic rings. The Bertz CT molecular complexity index is 1330. The van der Waals surface area contributed by atoms with Crippen LogP contribution < -0.4 is 0 Å². The van der Waals surface area contributed by atoms with Crippen molar-refractivity contribution in [1.82, 2.24) is 19.4 Å². The van der Waals surface area contributed by atoms with E-state index >= 15 is 0 Å². The number of aromatic nitrogens is 3. The van der Waals surface area contributed by atoms with Crippen LogP contribution in [0.2, 0.25) is 0 Å². The van der Waals surface area contributed by atoms with Crippen molar-refractivity contribution in [3.8, 4) is 22.5 Å². The second-order valence-electron chi connectivity index (χ2n) is 7.94. The third kappa shape index (κ3) is 3.78. The Kier molecular flexibility index (Phi) is 5.73. The Labute approximate surface area is 195 Å². The fourth-order valence-corrected chi connectivity index (χ4v) is 4.30. The van der Waals surface area contributed by atoms with Gasteiger partial charge in [-0.3, -0.25) is 19.5 Å². The SMILES string of the molecule is O=C1c2ccccc2C(=O)N1CCCn1c(CO)nc(-c2ccncc2)c1-c1ccc(F)cc1. The number of imide groups is 1. The van der Waals surface area contributed by atoms with Crippen LogP contribution in [0.1, 0.15) is 33.0 Å². The highest BCUT2D eigenvalue weighted by Crippen LogP contribution is 2.33. The van der Waals surface area contributed by atoms with Gasteiger partial charge in [-0.05, 0) is 55.0 Å². The van der Waals surface area contributed by atoms with Crippen molar-refractivity contribution in [2.75, 3.05) is 6.54 Å². The van der Waals surface area contributed by atoms with Crippen molar-refractivity contribution in [3.05, 3.63) is 95.8 Å². The zero-order chi connectivity index (χ0) is 23.7. The maximum Gasteiger partial charge on any atom is 0.261 e. The predicted molar refractivity (Wildman–Crippen MR) is 123 cm³/mol. The fraction of sp³-hybridized carbons (Fsp3) is 0.154. The van der Waals surface area contributed by atoms with Crippen LogP contribution in [0.15, 0.2) is 73.1 Å². The highest BCUT2D eigenvalue weighted by molar-refractivity contribution is 6.21. The number of imidazole rings is 1. The monoisotopic (exact) mass is 456 g/mol. The molecule has 0 spiro atoms. The molecule has 8 heteroatoms. The number of hydrogen-bond acceptors (Lipinski definition) is 5. The number of benzene rings is 2. The molecule has 170 valence electrons. The number of halogens is 1. The molecule has 2 aromatic carbocycles. The van der Waals surface area contributed by atoms with Crippen molar-refractivity contribution in [2.24, 2.45) is 0 Å². The first kappa shape index (κ1) is 21.7. The van der Waals surface area contributed by atoms with Crippen molar-refractivity contribution in [3.63, 3.8) is 0 Å². The molecule has 34 heavy (non-hydrogen) atoms. The maximum absolute atomic E-state index is 13.6. The number of aliphatic hydroxyl groups is 1. The van der Waals surface area contributed by atoms with Gasteiger partial charge in [0.05, 0.1) is 22.5 Å². The van der Waals surface area contributed by atoms with Crippen LogP contribution in [0.25, 0.3) is 22.5 Å². The molecule has 1 aliphatic heterocycles. The van der Waals surface area contributed by atoms with E-state index in [1.807, 2.05) is 16.7 Å². The first-order chi connectivity index (χ1) is 16.6. The van der Waals surface area contributed by atoms with Gasteiger partial charge in [-0.2, -0.15) is 0 Å². The molecule has 3 heterocycles. The average Bonchev–Trinajstić information content (AvgIpc) is 3.36. The Morgan fingerprint density at radius 1 is 0.824 bits per heavy atom. The van der Waals surface area contributed by atoms with Crippen molar-refractivity contribution < 1.29 is 19.1 Å². The van der Waals surface area contributed by atoms with Crippen molar-refractivity contribution in [1.29, 1.82) is 0 Å². The fourth-order valence-electron chi connectivity index (χ4n) is 4.30. The molecular weight excluding hydrogens is 435 g/mol. The Balaban J connectivity index is 1.47. The molecule has 0 bridgehead atoms. The third-order valence-electron chi connectivity index (χ3n) is 5.90. The molecule has 0 saturated heterocycles. The van der Waals surface area contributed by atoms with Crippen LogP contribution in [-0.4, -0.2) is 42.9 Å². The first-order valence-electron chi connectivity index (χ1n) is 10.9. The van der Waals surface area contributed by atoms with Crippen molar-refractivity contribution in [2.45, 2.75) is 19.6 Å². The quantitative estimate of drug-likeness (QED) is 0.426. The molecule has 0 aliphatic carbocycles. The van der Waals surface area contributed by atoms with E-state index < -0.39 is 0 Å². The van der Waals surface area contributed by atoms with E-state index in [2.05, 4.69) is 9.97 Å². The molecule has 0 fully saturated rings. The highest BCUT2D eigenvalue weighted by atomic mass is 19.1. The van der Waals surface area contributed by atoms with E-state index in [9.17, 15) is 19.1 Å². The van der Waals surface area contributed by atoms with E-state index in [0.29, 0.717) is 35.6 Å². The van der Waals surface area contributed by atoms with Crippen LogP contribution in [0, 0.1) is 5.82 Å². The summed E-state index contributed by atoms with van der Waals surface area (Å²) in [6.07, 6.45) is 3.77. The maximum atomic E-state index is 13.6. The van der Waals surface area contributed by atoms with E-state index in [1.165, 1.54) is 17.0 Å². The summed E-state index contributed by atoms with van der Waals surface area (Å²) in [6, 6.07) is 16.5. The van der Waals surface area contributed by atoms with Gasteiger partial charge in [-0.15, -0.1) is 0 Å². The molecule has 5 rings (SSSR count). The van der Waals surface area contributed by atoms with Gasteiger partial charge in [0.25, 0.3) is 11.8 Å². The number of carbonyl (C=O) groups excluding carboxylic acids is 2. The minimum absolute atomic E-state index is 0.225. The number of carbonyl (C=O) groups is 2. The summed E-state index contributed by atoms with van der Waals surface area (Å²) in [6.45, 7) is 0.323. The molecule has 2 amide bonds. The Morgan fingerprint density at radius 3 is 2.09 bits per heavy atom. The molecular formula is C26H21FN4O3. The molecule has 0 unspecified atom stereocenters. The number of amides is 2. The molecule has 4 aromatic rings. The van der Waals surface area contributed by atoms with Crippen LogP contribution in [-0.2, 0) is 13.2 Å². The molecule has 1 N–H and O–H groups in total. The lowest BCUT2D eigenvalue weighted by molar-refractivity contribution is 0.0650. The lowest BCUT2D eigenvalue weighted by atomic mass is 10.1. The summed E-state index contributed by atoms with van der Waals surface area (Å²) >= 11 is 0. The molecule has 0 radical (unpaired) electrons. The number of aliphatic hydroxyl groups excluding tert-OH is 1. The normalized spacial score (nSPS) is 12.9. The summed E-state index contributed by atoms with van der Waals surface area (Å²) in [5.74, 6) is -0.517. The smallest absolute Gasteiger partial charge is 0.261 e. The van der Waals surface area contributed by atoms with E-state index in [4.69, 9.17) is 0 Å². The third-order valence-corrected chi connectivity index (χ3v) is 5.90. The lowest BCUT2D eigenvalue weighted by Crippen LogP contribution is -2.31. The van der Waals surface area contributed by atoms with Crippen LogP contribution >= 0.6 is 0 Å². The average molecular weight is 456 g/mol. The van der Waals surface area contributed by atoms with E-state index in [-0.39, 0.29) is 30.8 Å². The van der Waals surface area contributed by atoms with Crippen molar-refractivity contribution >= 4 is 11.8 Å². The topological polar surface area (TPSA) is 88.3 Å². The summed E-state index contributed by atoms with van der Waals surface area (Å²) in [4.78, 5) is 35.3. The standard InChI is InChI=1S/C26H21FN4O3/c27-19-8-6-18(7-9-19)24-23(17-10-12-28-13-11-17)29-22(16-32)30(24)14-3-15-31-25(33)20-4-1-2-5-21(20)26(31)34/h1-2,4-13,32H,3,14-16H2. The molecule has 0 saturated carbocycles. The van der Waals surface area contributed by atoms with Gasteiger partial charge in [0.2, 0.25) is 0 Å². The molecule has 7 nitrogen and oxygen atoms in total. The van der Waals surface area contributed by atoms with Gasteiger partial charge in [-0.25, -0.2) is 9.37 Å². The largest absolute Gasteiger partial charge is 0.388 e. The molecule has 0 atom stereocenters. The predicted octanol–water partition coefficient (Wildman–Crippen LogP) is 3.93. The van der Waals surface area contributed by atoms with Crippen LogP contribution in [0.3, 0.4) is 0 Å². The summed E-state index contributed by atoms with van der Waals surface area (Å²) in [5.41, 5.74) is 3.73. The number of rotatable bonds is 7. The summed E-state index contributed by atoms with van der Waals surface area (Å²) in [7, 11) is 0. The van der Waals surface area contributed by atoms with Gasteiger partial charge >= 0.3 is 0 Å². The number of fused-ring (bicyclic) bond motifs is 1. The molecule has 2 aromatic heterocycles. The van der Waals surface area contributed by atoms with Crippen LogP contribution in [0.4, 0.5) is 4.39 Å². The minimum Gasteiger partial charge on any atom is -0.388 e. The van der Waals surface area contributed by atoms with Gasteiger partial charge in [0.1, 0.15) is 18.2 Å². The number of nitrogens with zero attached hydrogens (tertiary/aromatic N) is 4. The van der Waals surface area contributed by atoms with E-state index in [0.717, 1.165) is 16.8 Å². The van der Waals surface area contributed by atoms with Gasteiger partial charge in [0, 0.05) is 36.6 Å². The Morgan fingerprint density at radius 2 is 1.47 bits per heavy atom. The lowest BCUT2D eigenvalue weighted by Gasteiger charge is -2.16. The van der Waals surface area contributed by atoms with Gasteiger partial charge < -0.3 is 9.67 Å². The van der Waals surface area contributed by atoms with Gasteiger partial charge in [-0.1, -0.05) is 12.1 Å². The Hall–Kier alpha value is -4.17. The number of hydrogen-bond donors (Lipinski definition) is 1. The summed E-state index contributed by atoms with van der Waals surface area (Å²) in [5, 5.41) is 10.0.